The molecule has 0 unspecified atom stereocenters. The molecule has 2 aromatic heterocycles. The second-order valence-electron chi connectivity index (χ2n) is 9.53. The summed E-state index contributed by atoms with van der Waals surface area (Å²) in [6.07, 6.45) is 4.47. The van der Waals surface area contributed by atoms with Crippen molar-refractivity contribution in [2.24, 2.45) is 5.92 Å². The highest BCUT2D eigenvalue weighted by atomic mass is 35.5. The maximum Gasteiger partial charge on any atom is 0.254 e. The van der Waals surface area contributed by atoms with Crippen molar-refractivity contribution in [3.8, 4) is 0 Å². The molecule has 1 N–H and O–H groups in total. The highest BCUT2D eigenvalue weighted by Crippen LogP contribution is 2.41. The number of nitrogens with zero attached hydrogens (tertiary/aromatic N) is 4. The fourth-order valence-electron chi connectivity index (χ4n) is 4.33. The van der Waals surface area contributed by atoms with Crippen LogP contribution in [0.25, 0.3) is 11.0 Å². The van der Waals surface area contributed by atoms with Crippen LogP contribution in [-0.2, 0) is 5.54 Å². The minimum atomic E-state index is -0.173. The van der Waals surface area contributed by atoms with Crippen LogP contribution in [0.2, 0.25) is 0 Å². The number of likely N-dealkylation sites (tertiary alicyclic amines) is 1. The molecule has 2 aromatic rings. The van der Waals surface area contributed by atoms with Crippen molar-refractivity contribution >= 4 is 41.8 Å². The van der Waals surface area contributed by atoms with Gasteiger partial charge in [-0.2, -0.15) is 5.10 Å². The average molecular weight is 456 g/mol. The molecule has 30 heavy (non-hydrogen) atoms. The first-order chi connectivity index (χ1) is 13.3. The van der Waals surface area contributed by atoms with Crippen molar-refractivity contribution in [1.82, 2.24) is 25.0 Å². The first-order valence-electron chi connectivity index (χ1n) is 10.6. The Balaban J connectivity index is 0.00000160. The molecule has 0 radical (unpaired) electrons. The standard InChI is InChI=1S/C22H33N5O.2ClH/c1-14-19-17(21(28)26-10-8-15(9-11-26)13-23-5)12-18(16-6-7-16)24-20(19)27(25-14)22(2,3)4;;/h12,15-16,23H,6-11,13H2,1-5H3;2*1H. The molecule has 1 aliphatic heterocycles. The Kier molecular flexibility index (Phi) is 7.81. The van der Waals surface area contributed by atoms with Crippen LogP contribution in [0.4, 0.5) is 0 Å². The van der Waals surface area contributed by atoms with Gasteiger partial charge in [-0.05, 0) is 79.0 Å². The fraction of sp³-hybridized carbons (Fsp3) is 0.682. The molecule has 8 heteroatoms. The number of hydrogen-bond donors (Lipinski definition) is 1. The topological polar surface area (TPSA) is 63.1 Å². The zero-order valence-corrected chi connectivity index (χ0v) is 20.3. The zero-order valence-electron chi connectivity index (χ0n) is 18.7. The Hall–Kier alpha value is -1.37. The third kappa shape index (κ3) is 4.76. The lowest BCUT2D eigenvalue weighted by Crippen LogP contribution is -2.40. The van der Waals surface area contributed by atoms with E-state index in [1.54, 1.807) is 0 Å². The highest BCUT2D eigenvalue weighted by molar-refractivity contribution is 6.06. The smallest absolute Gasteiger partial charge is 0.254 e. The monoisotopic (exact) mass is 455 g/mol. The predicted molar refractivity (Wildman–Crippen MR) is 126 cm³/mol. The van der Waals surface area contributed by atoms with Gasteiger partial charge in [-0.1, -0.05) is 0 Å². The van der Waals surface area contributed by atoms with E-state index >= 15 is 0 Å². The van der Waals surface area contributed by atoms with Crippen molar-refractivity contribution in [3.05, 3.63) is 23.0 Å². The van der Waals surface area contributed by atoms with Crippen molar-refractivity contribution in [2.45, 2.75) is 64.8 Å². The van der Waals surface area contributed by atoms with Crippen LogP contribution in [0.15, 0.2) is 6.07 Å². The maximum atomic E-state index is 13.5. The molecule has 2 fully saturated rings. The third-order valence-electron chi connectivity index (χ3n) is 6.09. The van der Waals surface area contributed by atoms with Gasteiger partial charge in [0.25, 0.3) is 5.91 Å². The lowest BCUT2D eigenvalue weighted by atomic mass is 9.96. The molecule has 3 heterocycles. The summed E-state index contributed by atoms with van der Waals surface area (Å²) in [5.41, 5.74) is 3.45. The average Bonchev–Trinajstić information content (AvgIpc) is 3.44. The Morgan fingerprint density at radius 1 is 1.17 bits per heavy atom. The van der Waals surface area contributed by atoms with E-state index in [9.17, 15) is 4.79 Å². The number of hydrogen-bond acceptors (Lipinski definition) is 4. The number of amides is 1. The van der Waals surface area contributed by atoms with E-state index in [4.69, 9.17) is 10.1 Å². The molecule has 1 amide bonds. The van der Waals surface area contributed by atoms with Crippen molar-refractivity contribution in [3.63, 3.8) is 0 Å². The summed E-state index contributed by atoms with van der Waals surface area (Å²) in [5.74, 6) is 1.31. The first kappa shape index (κ1) is 24.9. The van der Waals surface area contributed by atoms with E-state index in [2.05, 4.69) is 32.2 Å². The molecule has 1 saturated carbocycles. The highest BCUT2D eigenvalue weighted by Gasteiger charge is 2.32. The molecule has 0 aromatic carbocycles. The summed E-state index contributed by atoms with van der Waals surface area (Å²) in [4.78, 5) is 20.5. The van der Waals surface area contributed by atoms with Crippen LogP contribution in [0.5, 0.6) is 0 Å². The molecule has 0 spiro atoms. The lowest BCUT2D eigenvalue weighted by molar-refractivity contribution is 0.0692. The van der Waals surface area contributed by atoms with Gasteiger partial charge in [-0.15, -0.1) is 24.8 Å². The lowest BCUT2D eigenvalue weighted by Gasteiger charge is -2.32. The minimum Gasteiger partial charge on any atom is -0.339 e. The quantitative estimate of drug-likeness (QED) is 0.746. The summed E-state index contributed by atoms with van der Waals surface area (Å²) >= 11 is 0. The van der Waals surface area contributed by atoms with E-state index in [0.29, 0.717) is 11.8 Å². The van der Waals surface area contributed by atoms with Gasteiger partial charge in [-0.25, -0.2) is 9.67 Å². The molecule has 2 aliphatic rings. The van der Waals surface area contributed by atoms with Gasteiger partial charge in [0.05, 0.1) is 22.2 Å². The Bertz CT molecular complexity index is 893. The molecule has 168 valence electrons. The summed E-state index contributed by atoms with van der Waals surface area (Å²) in [7, 11) is 2.00. The number of carbonyl (C=O) groups excluding carboxylic acids is 1. The van der Waals surface area contributed by atoms with E-state index < -0.39 is 0 Å². The zero-order chi connectivity index (χ0) is 20.1. The number of pyridine rings is 1. The normalized spacial score (nSPS) is 17.6. The Morgan fingerprint density at radius 3 is 2.33 bits per heavy atom. The van der Waals surface area contributed by atoms with Crippen molar-refractivity contribution in [2.75, 3.05) is 26.7 Å². The van der Waals surface area contributed by atoms with Gasteiger partial charge in [0.15, 0.2) is 5.65 Å². The SMILES string of the molecule is CNCC1CCN(C(=O)c2cc(C3CC3)nc3c2c(C)nn3C(C)(C)C)CC1.Cl.Cl. The Morgan fingerprint density at radius 2 is 1.80 bits per heavy atom. The van der Waals surface area contributed by atoms with Gasteiger partial charge in [-0.3, -0.25) is 4.79 Å². The number of piperidine rings is 1. The Labute approximate surface area is 192 Å². The number of rotatable bonds is 4. The maximum absolute atomic E-state index is 13.5. The second-order valence-corrected chi connectivity index (χ2v) is 9.53. The van der Waals surface area contributed by atoms with Crippen LogP contribution in [0.3, 0.4) is 0 Å². The molecule has 0 bridgehead atoms. The minimum absolute atomic E-state index is 0. The summed E-state index contributed by atoms with van der Waals surface area (Å²) < 4.78 is 2.00. The van der Waals surface area contributed by atoms with Gasteiger partial charge in [0.1, 0.15) is 0 Å². The molecular weight excluding hydrogens is 421 g/mol. The van der Waals surface area contributed by atoms with Crippen LogP contribution < -0.4 is 5.32 Å². The number of nitrogens with one attached hydrogen (secondary N) is 1. The van der Waals surface area contributed by atoms with Crippen LogP contribution >= 0.6 is 24.8 Å². The molecule has 0 atom stereocenters. The van der Waals surface area contributed by atoms with Gasteiger partial charge in [0.2, 0.25) is 0 Å². The van der Waals surface area contributed by atoms with E-state index in [1.165, 1.54) is 12.8 Å². The fourth-order valence-corrected chi connectivity index (χ4v) is 4.33. The summed E-state index contributed by atoms with van der Waals surface area (Å²) in [6.45, 7) is 11.1. The molecule has 1 saturated heterocycles. The predicted octanol–water partition coefficient (Wildman–Crippen LogP) is 4.29. The van der Waals surface area contributed by atoms with Gasteiger partial charge < -0.3 is 10.2 Å². The molecule has 4 rings (SSSR count). The molecule has 1 aliphatic carbocycles. The van der Waals surface area contributed by atoms with Crippen molar-refractivity contribution < 1.29 is 4.79 Å². The number of aromatic nitrogens is 3. The van der Waals surface area contributed by atoms with Gasteiger partial charge in [0, 0.05) is 24.7 Å². The van der Waals surface area contributed by atoms with Crippen LogP contribution in [0.1, 0.15) is 74.1 Å². The first-order valence-corrected chi connectivity index (χ1v) is 10.6. The number of carbonyl (C=O) groups is 1. The summed E-state index contributed by atoms with van der Waals surface area (Å²) in [6, 6.07) is 2.06. The summed E-state index contributed by atoms with van der Waals surface area (Å²) in [5, 5.41) is 8.98. The number of aryl methyl sites for hydroxylation is 1. The van der Waals surface area contributed by atoms with Gasteiger partial charge >= 0.3 is 0 Å². The third-order valence-corrected chi connectivity index (χ3v) is 6.09. The molecular formula is C22H35Cl2N5O. The van der Waals surface area contributed by atoms with E-state index in [1.807, 2.05) is 23.6 Å². The largest absolute Gasteiger partial charge is 0.339 e. The van der Waals surface area contributed by atoms with Crippen molar-refractivity contribution in [1.29, 1.82) is 0 Å². The number of fused-ring (bicyclic) bond motifs is 1. The van der Waals surface area contributed by atoms with E-state index in [0.717, 1.165) is 60.5 Å². The molecule has 6 nitrogen and oxygen atoms in total. The second kappa shape index (κ2) is 9.41. The van der Waals surface area contributed by atoms with Crippen LogP contribution in [0, 0.1) is 12.8 Å². The van der Waals surface area contributed by atoms with E-state index in [-0.39, 0.29) is 36.3 Å². The number of halogens is 2. The van der Waals surface area contributed by atoms with Crippen LogP contribution in [-0.4, -0.2) is 52.3 Å².